The zero-order valence-electron chi connectivity index (χ0n) is 10.5. The minimum absolute atomic E-state index is 0.232. The molecule has 2 rings (SSSR count). The molecule has 5 heteroatoms. The third-order valence-corrected chi connectivity index (χ3v) is 4.21. The van der Waals surface area contributed by atoms with E-state index in [1.165, 1.54) is 5.56 Å². The van der Waals surface area contributed by atoms with Crippen LogP contribution in [-0.4, -0.2) is 26.4 Å². The van der Waals surface area contributed by atoms with E-state index in [4.69, 9.17) is 15.3 Å². The lowest BCUT2D eigenvalue weighted by Crippen LogP contribution is -2.42. The van der Waals surface area contributed by atoms with Gasteiger partial charge in [-0.1, -0.05) is 15.9 Å². The Balaban J connectivity index is 2.10. The number of benzene rings is 1. The molecule has 0 bridgehead atoms. The van der Waals surface area contributed by atoms with E-state index in [1.54, 1.807) is 7.11 Å². The summed E-state index contributed by atoms with van der Waals surface area (Å²) in [5.41, 5.74) is 4.11. The minimum atomic E-state index is 0.232. The van der Waals surface area contributed by atoms with Gasteiger partial charge in [0.2, 0.25) is 0 Å². The Kier molecular flexibility index (Phi) is 5.00. The summed E-state index contributed by atoms with van der Waals surface area (Å²) in [6, 6.07) is 6.23. The smallest absolute Gasteiger partial charge is 0.119 e. The summed E-state index contributed by atoms with van der Waals surface area (Å²) in [5, 5.41) is 0. The molecule has 1 aromatic rings. The third-order valence-electron chi connectivity index (χ3n) is 3.44. The molecule has 0 spiro atoms. The van der Waals surface area contributed by atoms with Crippen molar-refractivity contribution in [2.24, 2.45) is 11.8 Å². The number of ether oxygens (including phenoxy) is 2. The normalized spacial score (nSPS) is 20.9. The monoisotopic (exact) mass is 314 g/mol. The standard InChI is InChI=1S/C13H19BrN2O2/c1-17-11-2-3-12(14)10(6-11)7-13(16-15)9-4-5-18-8-9/h2-3,6,9,13,16H,4-5,7-8,15H2,1H3. The van der Waals surface area contributed by atoms with Gasteiger partial charge in [0.15, 0.2) is 0 Å². The summed E-state index contributed by atoms with van der Waals surface area (Å²) in [7, 11) is 1.68. The molecular weight excluding hydrogens is 296 g/mol. The predicted molar refractivity (Wildman–Crippen MR) is 74.4 cm³/mol. The van der Waals surface area contributed by atoms with Gasteiger partial charge in [-0.2, -0.15) is 0 Å². The maximum atomic E-state index is 5.67. The molecule has 2 atom stereocenters. The lowest BCUT2D eigenvalue weighted by Gasteiger charge is -2.22. The van der Waals surface area contributed by atoms with Gasteiger partial charge in [0.25, 0.3) is 0 Å². The number of hydrazine groups is 1. The van der Waals surface area contributed by atoms with Gasteiger partial charge in [0.1, 0.15) is 5.75 Å². The lowest BCUT2D eigenvalue weighted by molar-refractivity contribution is 0.176. The molecule has 0 saturated carbocycles. The first-order chi connectivity index (χ1) is 8.74. The number of hydrogen-bond donors (Lipinski definition) is 2. The Hall–Kier alpha value is -0.620. The van der Waals surface area contributed by atoms with Crippen LogP contribution in [0.15, 0.2) is 22.7 Å². The van der Waals surface area contributed by atoms with Crippen molar-refractivity contribution >= 4 is 15.9 Å². The Morgan fingerprint density at radius 1 is 1.61 bits per heavy atom. The number of nitrogens with two attached hydrogens (primary N) is 1. The minimum Gasteiger partial charge on any atom is -0.497 e. The van der Waals surface area contributed by atoms with Gasteiger partial charge in [0, 0.05) is 23.0 Å². The highest BCUT2D eigenvalue weighted by Crippen LogP contribution is 2.26. The predicted octanol–water partition coefficient (Wildman–Crippen LogP) is 1.87. The Morgan fingerprint density at radius 2 is 2.44 bits per heavy atom. The maximum absolute atomic E-state index is 5.67. The van der Waals surface area contributed by atoms with Crippen LogP contribution < -0.4 is 16.0 Å². The van der Waals surface area contributed by atoms with Crippen LogP contribution in [-0.2, 0) is 11.2 Å². The number of nitrogens with one attached hydrogen (secondary N) is 1. The summed E-state index contributed by atoms with van der Waals surface area (Å²) >= 11 is 3.57. The van der Waals surface area contributed by atoms with Gasteiger partial charge in [-0.25, -0.2) is 0 Å². The van der Waals surface area contributed by atoms with E-state index >= 15 is 0 Å². The summed E-state index contributed by atoms with van der Waals surface area (Å²) in [6.07, 6.45) is 1.93. The van der Waals surface area contributed by atoms with Crippen LogP contribution in [0, 0.1) is 5.92 Å². The molecule has 3 N–H and O–H groups in total. The van der Waals surface area contributed by atoms with Crippen LogP contribution >= 0.6 is 15.9 Å². The molecule has 1 aliphatic rings. The van der Waals surface area contributed by atoms with Crippen molar-refractivity contribution in [3.05, 3.63) is 28.2 Å². The summed E-state index contributed by atoms with van der Waals surface area (Å²) in [5.74, 6) is 7.02. The molecule has 1 fully saturated rings. The van der Waals surface area contributed by atoms with E-state index < -0.39 is 0 Å². The van der Waals surface area contributed by atoms with E-state index in [-0.39, 0.29) is 6.04 Å². The molecule has 4 nitrogen and oxygen atoms in total. The van der Waals surface area contributed by atoms with Gasteiger partial charge in [-0.3, -0.25) is 11.3 Å². The first-order valence-corrected chi connectivity index (χ1v) is 6.90. The molecule has 1 aromatic carbocycles. The van der Waals surface area contributed by atoms with Crippen LogP contribution in [0.2, 0.25) is 0 Å². The second-order valence-corrected chi connectivity index (χ2v) is 5.41. The van der Waals surface area contributed by atoms with E-state index in [0.29, 0.717) is 5.92 Å². The summed E-state index contributed by atoms with van der Waals surface area (Å²) in [6.45, 7) is 1.62. The first kappa shape index (κ1) is 13.8. The number of methoxy groups -OCH3 is 1. The lowest BCUT2D eigenvalue weighted by atomic mass is 9.93. The Morgan fingerprint density at radius 3 is 3.06 bits per heavy atom. The van der Waals surface area contributed by atoms with Crippen molar-refractivity contribution in [1.29, 1.82) is 0 Å². The highest BCUT2D eigenvalue weighted by molar-refractivity contribution is 9.10. The van der Waals surface area contributed by atoms with Crippen molar-refractivity contribution in [3.8, 4) is 5.75 Å². The highest BCUT2D eigenvalue weighted by atomic mass is 79.9. The highest BCUT2D eigenvalue weighted by Gasteiger charge is 2.25. The molecule has 18 heavy (non-hydrogen) atoms. The molecule has 0 aliphatic carbocycles. The summed E-state index contributed by atoms with van der Waals surface area (Å²) < 4.78 is 11.8. The second kappa shape index (κ2) is 6.52. The van der Waals surface area contributed by atoms with Gasteiger partial charge in [-0.15, -0.1) is 0 Å². The Labute approximate surface area is 116 Å². The van der Waals surface area contributed by atoms with Gasteiger partial charge >= 0.3 is 0 Å². The van der Waals surface area contributed by atoms with Crippen LogP contribution in [0.1, 0.15) is 12.0 Å². The zero-order chi connectivity index (χ0) is 13.0. The molecule has 0 aromatic heterocycles. The van der Waals surface area contributed by atoms with E-state index in [0.717, 1.165) is 36.3 Å². The third kappa shape index (κ3) is 3.23. The fourth-order valence-corrected chi connectivity index (χ4v) is 2.71. The van der Waals surface area contributed by atoms with Gasteiger partial charge < -0.3 is 9.47 Å². The average molecular weight is 315 g/mol. The van der Waals surface area contributed by atoms with Crippen molar-refractivity contribution in [2.45, 2.75) is 18.9 Å². The average Bonchev–Trinajstić information content (AvgIpc) is 2.91. The second-order valence-electron chi connectivity index (χ2n) is 4.56. The van der Waals surface area contributed by atoms with Crippen molar-refractivity contribution < 1.29 is 9.47 Å². The van der Waals surface area contributed by atoms with Crippen LogP contribution in [0.25, 0.3) is 0 Å². The topological polar surface area (TPSA) is 56.5 Å². The first-order valence-electron chi connectivity index (χ1n) is 6.11. The van der Waals surface area contributed by atoms with Crippen LogP contribution in [0.5, 0.6) is 5.75 Å². The summed E-state index contributed by atoms with van der Waals surface area (Å²) in [4.78, 5) is 0. The van der Waals surface area contributed by atoms with Crippen LogP contribution in [0.3, 0.4) is 0 Å². The molecule has 2 unspecified atom stereocenters. The molecular formula is C13H19BrN2O2. The van der Waals surface area contributed by atoms with E-state index in [9.17, 15) is 0 Å². The SMILES string of the molecule is COc1ccc(Br)c(CC(NN)C2CCOC2)c1. The van der Waals surface area contributed by atoms with Gasteiger partial charge in [0.05, 0.1) is 13.7 Å². The van der Waals surface area contributed by atoms with E-state index in [2.05, 4.69) is 21.4 Å². The quantitative estimate of drug-likeness (QED) is 0.643. The fraction of sp³-hybridized carbons (Fsp3) is 0.538. The molecule has 100 valence electrons. The van der Waals surface area contributed by atoms with Crippen molar-refractivity contribution in [1.82, 2.24) is 5.43 Å². The number of hydrogen-bond acceptors (Lipinski definition) is 4. The molecule has 1 aliphatic heterocycles. The van der Waals surface area contributed by atoms with Crippen LogP contribution in [0.4, 0.5) is 0 Å². The van der Waals surface area contributed by atoms with Crippen molar-refractivity contribution in [2.75, 3.05) is 20.3 Å². The molecule has 1 heterocycles. The molecule has 0 amide bonds. The van der Waals surface area contributed by atoms with Gasteiger partial charge in [-0.05, 0) is 36.6 Å². The Bertz CT molecular complexity index is 395. The maximum Gasteiger partial charge on any atom is 0.119 e. The largest absolute Gasteiger partial charge is 0.497 e. The van der Waals surface area contributed by atoms with Crippen molar-refractivity contribution in [3.63, 3.8) is 0 Å². The number of halogens is 1. The fourth-order valence-electron chi connectivity index (χ4n) is 2.30. The van der Waals surface area contributed by atoms with E-state index in [1.807, 2.05) is 18.2 Å². The molecule has 1 saturated heterocycles. The molecule has 0 radical (unpaired) electrons. The zero-order valence-corrected chi connectivity index (χ0v) is 12.1. The number of rotatable bonds is 5.